The Morgan fingerprint density at radius 1 is 1.16 bits per heavy atom. The quantitative estimate of drug-likeness (QED) is 0.719. The van der Waals surface area contributed by atoms with Gasteiger partial charge >= 0.3 is 0 Å². The van der Waals surface area contributed by atoms with Gasteiger partial charge in [-0.25, -0.2) is 8.42 Å². The number of hydrogen-bond acceptors (Lipinski definition) is 4. The fourth-order valence-electron chi connectivity index (χ4n) is 1.35. The molecule has 0 saturated carbocycles. The minimum atomic E-state index is -3.88. The fourth-order valence-corrected chi connectivity index (χ4v) is 4.22. The molecule has 0 bridgehead atoms. The molecule has 0 aromatic heterocycles. The van der Waals surface area contributed by atoms with E-state index < -0.39 is 10.0 Å². The summed E-state index contributed by atoms with van der Waals surface area (Å²) >= 11 is 6.46. The van der Waals surface area contributed by atoms with Gasteiger partial charge in [0.05, 0.1) is 17.0 Å². The van der Waals surface area contributed by atoms with Gasteiger partial charge in [0.1, 0.15) is 13.1 Å². The summed E-state index contributed by atoms with van der Waals surface area (Å²) in [5, 5.41) is 17.3. The summed E-state index contributed by atoms with van der Waals surface area (Å²) in [6, 6.07) is 6.60. The van der Waals surface area contributed by atoms with Gasteiger partial charge in [0.2, 0.25) is 10.0 Å². The number of sulfonamides is 1. The normalized spacial score (nSPS) is 11.1. The number of nitriles is 2. The van der Waals surface area contributed by atoms with Crippen molar-refractivity contribution in [2.24, 2.45) is 0 Å². The first-order valence-corrected chi connectivity index (χ1v) is 8.07. The van der Waals surface area contributed by atoms with Crippen LogP contribution in [0.3, 0.4) is 0 Å². The van der Waals surface area contributed by atoms with Gasteiger partial charge in [0.15, 0.2) is 0 Å². The molecule has 100 valence electrons. The molecule has 0 aliphatic rings. The number of benzene rings is 1. The van der Waals surface area contributed by atoms with Crippen LogP contribution < -0.4 is 0 Å². The summed E-state index contributed by atoms with van der Waals surface area (Å²) in [5.41, 5.74) is 0.873. The molecular formula is C11H9Br2N3O2S. The molecule has 0 amide bonds. The Hall–Kier alpha value is -0.930. The molecule has 1 aromatic carbocycles. The van der Waals surface area contributed by atoms with Crippen molar-refractivity contribution >= 4 is 41.9 Å². The first-order chi connectivity index (χ1) is 8.84. The van der Waals surface area contributed by atoms with Crippen LogP contribution >= 0.6 is 31.9 Å². The van der Waals surface area contributed by atoms with Crippen LogP contribution in [0.15, 0.2) is 26.0 Å². The van der Waals surface area contributed by atoms with E-state index in [1.165, 1.54) is 6.07 Å². The van der Waals surface area contributed by atoms with Gasteiger partial charge in [0.25, 0.3) is 0 Å². The summed E-state index contributed by atoms with van der Waals surface area (Å²) in [5.74, 6) is 0. The first-order valence-electron chi connectivity index (χ1n) is 5.04. The Morgan fingerprint density at radius 2 is 1.68 bits per heavy atom. The smallest absolute Gasteiger partial charge is 0.207 e. The molecule has 0 fully saturated rings. The van der Waals surface area contributed by atoms with E-state index in [4.69, 9.17) is 10.5 Å². The van der Waals surface area contributed by atoms with E-state index >= 15 is 0 Å². The van der Waals surface area contributed by atoms with E-state index in [2.05, 4.69) is 31.9 Å². The summed E-state index contributed by atoms with van der Waals surface area (Å²) in [6.45, 7) is 1.09. The Labute approximate surface area is 128 Å². The average Bonchev–Trinajstić information content (AvgIpc) is 2.33. The summed E-state index contributed by atoms with van der Waals surface area (Å²) in [6.07, 6.45) is 0. The van der Waals surface area contributed by atoms with E-state index in [-0.39, 0.29) is 18.0 Å². The number of hydrogen-bond donors (Lipinski definition) is 0. The maximum absolute atomic E-state index is 12.4. The Bertz CT molecular complexity index is 658. The van der Waals surface area contributed by atoms with Crippen LogP contribution in [0.2, 0.25) is 0 Å². The Morgan fingerprint density at radius 3 is 2.16 bits per heavy atom. The van der Waals surface area contributed by atoms with Crippen LogP contribution in [0, 0.1) is 29.6 Å². The van der Waals surface area contributed by atoms with Gasteiger partial charge in [-0.1, -0.05) is 15.9 Å². The molecule has 0 aliphatic heterocycles. The summed E-state index contributed by atoms with van der Waals surface area (Å²) in [7, 11) is -3.88. The molecule has 5 nitrogen and oxygen atoms in total. The lowest BCUT2D eigenvalue weighted by Gasteiger charge is -2.17. The molecule has 0 N–H and O–H groups in total. The maximum atomic E-state index is 12.4. The van der Waals surface area contributed by atoms with Crippen molar-refractivity contribution in [1.29, 1.82) is 10.5 Å². The van der Waals surface area contributed by atoms with Crippen molar-refractivity contribution in [3.8, 4) is 12.1 Å². The Balaban J connectivity index is 3.38. The van der Waals surface area contributed by atoms with Crippen LogP contribution in [-0.2, 0) is 10.0 Å². The third kappa shape index (κ3) is 3.54. The van der Waals surface area contributed by atoms with E-state index in [1.54, 1.807) is 18.2 Å². The van der Waals surface area contributed by atoms with Crippen molar-refractivity contribution in [3.63, 3.8) is 0 Å². The zero-order valence-electron chi connectivity index (χ0n) is 9.89. The molecule has 0 heterocycles. The molecule has 0 spiro atoms. The predicted octanol–water partition coefficient (Wildman–Crippen LogP) is 2.56. The van der Waals surface area contributed by atoms with Crippen molar-refractivity contribution in [2.75, 3.05) is 13.1 Å². The minimum absolute atomic E-state index is 0.0236. The van der Waals surface area contributed by atoms with Gasteiger partial charge in [-0.2, -0.15) is 14.8 Å². The highest BCUT2D eigenvalue weighted by Crippen LogP contribution is 2.30. The third-order valence-corrected chi connectivity index (χ3v) is 5.93. The zero-order chi connectivity index (χ0) is 14.6. The SMILES string of the molecule is Cc1cc(Br)c(S(=O)(=O)N(CC#N)CC#N)cc1Br. The molecule has 0 aliphatic carbocycles. The maximum Gasteiger partial charge on any atom is 0.246 e. The molecular weight excluding hydrogens is 398 g/mol. The molecule has 0 unspecified atom stereocenters. The van der Waals surface area contributed by atoms with Gasteiger partial charge in [-0.05, 0) is 40.5 Å². The van der Waals surface area contributed by atoms with E-state index in [1.807, 2.05) is 6.92 Å². The van der Waals surface area contributed by atoms with E-state index in [0.717, 1.165) is 9.87 Å². The predicted molar refractivity (Wildman–Crippen MR) is 76.6 cm³/mol. The lowest BCUT2D eigenvalue weighted by Crippen LogP contribution is -2.32. The second kappa shape index (κ2) is 6.49. The van der Waals surface area contributed by atoms with Crippen LogP contribution in [0.1, 0.15) is 5.56 Å². The Kier molecular flexibility index (Phi) is 5.50. The topological polar surface area (TPSA) is 85.0 Å². The highest BCUT2D eigenvalue weighted by Gasteiger charge is 2.27. The van der Waals surface area contributed by atoms with Crippen LogP contribution in [0.5, 0.6) is 0 Å². The highest BCUT2D eigenvalue weighted by atomic mass is 79.9. The minimum Gasteiger partial charge on any atom is -0.207 e. The highest BCUT2D eigenvalue weighted by molar-refractivity contribution is 9.11. The largest absolute Gasteiger partial charge is 0.246 e. The third-order valence-electron chi connectivity index (χ3n) is 2.33. The lowest BCUT2D eigenvalue weighted by atomic mass is 10.2. The molecule has 1 rings (SSSR count). The molecule has 8 heteroatoms. The zero-order valence-corrected chi connectivity index (χ0v) is 13.9. The van der Waals surface area contributed by atoms with Gasteiger partial charge < -0.3 is 0 Å². The first kappa shape index (κ1) is 16.1. The number of halogens is 2. The van der Waals surface area contributed by atoms with Gasteiger partial charge in [0, 0.05) is 8.95 Å². The standard InChI is InChI=1S/C11H9Br2N3O2S/c1-8-6-10(13)11(7-9(8)12)19(17,18)16(4-2-14)5-3-15/h6-7H,4-5H2,1H3. The van der Waals surface area contributed by atoms with Crippen molar-refractivity contribution < 1.29 is 8.42 Å². The van der Waals surface area contributed by atoms with E-state index in [9.17, 15) is 8.42 Å². The van der Waals surface area contributed by atoms with Gasteiger partial charge in [-0.15, -0.1) is 0 Å². The van der Waals surface area contributed by atoms with Crippen molar-refractivity contribution in [2.45, 2.75) is 11.8 Å². The molecule has 0 saturated heterocycles. The second-order valence-electron chi connectivity index (χ2n) is 3.62. The van der Waals surface area contributed by atoms with Crippen molar-refractivity contribution in [3.05, 3.63) is 26.6 Å². The molecule has 0 radical (unpaired) electrons. The monoisotopic (exact) mass is 405 g/mol. The summed E-state index contributed by atoms with van der Waals surface area (Å²) < 4.78 is 26.6. The molecule has 0 atom stereocenters. The van der Waals surface area contributed by atoms with Crippen LogP contribution in [0.25, 0.3) is 0 Å². The lowest BCUT2D eigenvalue weighted by molar-refractivity contribution is 0.479. The summed E-state index contributed by atoms with van der Waals surface area (Å²) in [4.78, 5) is 0.0236. The van der Waals surface area contributed by atoms with Crippen LogP contribution in [0.4, 0.5) is 0 Å². The number of nitrogens with zero attached hydrogens (tertiary/aromatic N) is 3. The average molecular weight is 407 g/mol. The molecule has 1 aromatic rings. The number of aryl methyl sites for hydroxylation is 1. The molecule has 19 heavy (non-hydrogen) atoms. The van der Waals surface area contributed by atoms with Crippen molar-refractivity contribution in [1.82, 2.24) is 4.31 Å². The van der Waals surface area contributed by atoms with Crippen LogP contribution in [-0.4, -0.2) is 25.8 Å². The van der Waals surface area contributed by atoms with Gasteiger partial charge in [-0.3, -0.25) is 0 Å². The fraction of sp³-hybridized carbons (Fsp3) is 0.273. The number of rotatable bonds is 4. The van der Waals surface area contributed by atoms with E-state index in [0.29, 0.717) is 8.95 Å². The second-order valence-corrected chi connectivity index (χ2v) is 7.24.